The first-order valence-electron chi connectivity index (χ1n) is 13.0. The van der Waals surface area contributed by atoms with E-state index >= 15 is 0 Å². The number of anilines is 4. The molecule has 4 aromatic rings. The summed E-state index contributed by atoms with van der Waals surface area (Å²) in [5.41, 5.74) is -1.62. The van der Waals surface area contributed by atoms with Gasteiger partial charge in [-0.15, -0.1) is 0 Å². The van der Waals surface area contributed by atoms with Gasteiger partial charge < -0.3 is 39.5 Å². The molecule has 4 aromatic carbocycles. The van der Waals surface area contributed by atoms with E-state index in [4.69, 9.17) is 0 Å². The molecule has 0 atom stereocenters. The van der Waals surface area contributed by atoms with E-state index in [1.54, 1.807) is 0 Å². The van der Waals surface area contributed by atoms with Crippen molar-refractivity contribution < 1.29 is 184 Å². The van der Waals surface area contributed by atoms with Gasteiger partial charge in [0.05, 0.1) is 31.0 Å². The number of urea groups is 1. The average Bonchev–Trinajstić information content (AvgIpc) is 2.99. The minimum atomic E-state index is -5.36. The van der Waals surface area contributed by atoms with Crippen LogP contribution in [0, 0.1) is 0 Å². The fourth-order valence-electron chi connectivity index (χ4n) is 4.10. The van der Waals surface area contributed by atoms with Crippen molar-refractivity contribution in [1.82, 2.24) is 0 Å². The monoisotopic (exact) mass is 858 g/mol. The van der Waals surface area contributed by atoms with E-state index < -0.39 is 89.3 Å². The Morgan fingerprint density at radius 1 is 0.426 bits per heavy atom. The summed E-state index contributed by atoms with van der Waals surface area (Å²) in [6.45, 7) is 0. The summed E-state index contributed by atoms with van der Waals surface area (Å²) in [4.78, 5) is 33.9. The molecule has 0 aliphatic rings. The third kappa shape index (κ3) is 14.6. The maximum absolute atomic E-state index is 12.8. The van der Waals surface area contributed by atoms with Crippen molar-refractivity contribution in [3.8, 4) is 0 Å². The van der Waals surface area contributed by atoms with Gasteiger partial charge in [-0.2, -0.15) is 0 Å². The molecule has 0 spiro atoms. The van der Waals surface area contributed by atoms with Crippen LogP contribution in [0.1, 0.15) is 20.7 Å². The van der Waals surface area contributed by atoms with Crippen molar-refractivity contribution >= 4 is 81.1 Å². The quantitative estimate of drug-likeness (QED) is 0.0850. The molecule has 0 heterocycles. The number of nitrogens with one attached hydrogen (secondary N) is 4. The molecule has 0 saturated carbocycles. The molecule has 27 heteroatoms. The Kier molecular flexibility index (Phi) is 20.4. The molecule has 54 heavy (non-hydrogen) atoms. The summed E-state index contributed by atoms with van der Waals surface area (Å²) < 4.78 is 137. The molecule has 0 radical (unpaired) electrons. The molecule has 0 aromatic heterocycles. The fraction of sp³-hybridized carbons (Fsp3) is 0. The van der Waals surface area contributed by atoms with Gasteiger partial charge in [0.1, 0.15) is 40.5 Å². The van der Waals surface area contributed by atoms with Crippen molar-refractivity contribution in [3.05, 3.63) is 96.1 Å². The Morgan fingerprint density at radius 2 is 0.759 bits per heavy atom. The zero-order chi connectivity index (χ0) is 37.2. The van der Waals surface area contributed by atoms with Crippen LogP contribution in [0.5, 0.6) is 0 Å². The molecule has 0 saturated heterocycles. The van der Waals surface area contributed by atoms with Crippen molar-refractivity contribution in [2.24, 2.45) is 0 Å². The van der Waals surface area contributed by atoms with Gasteiger partial charge in [0.15, 0.2) is 0 Å². The van der Waals surface area contributed by atoms with Crippen LogP contribution in [0.15, 0.2) is 105 Å². The summed E-state index contributed by atoms with van der Waals surface area (Å²) in [5, 5.41) is 9.00. The molecule has 0 aliphatic heterocycles. The SMILES string of the molecule is O=C(Nc1cccc(C(=O)Nc2ccc(S(=O)(=O)[O-])cc2S(=O)(=O)[O-])c1)Nc1cccc(C(=O)Nc2ccc(S(=O)(=O)[O-])cc2S(=O)(=O)[O-])c1.[Na+].[Na+].[Na+].[Na+]. The van der Waals surface area contributed by atoms with Crippen molar-refractivity contribution in [2.75, 3.05) is 21.3 Å². The Balaban J connectivity index is 0.00000702. The second-order valence-corrected chi connectivity index (χ2v) is 15.2. The second-order valence-electron chi connectivity index (χ2n) is 9.78. The number of rotatable bonds is 10. The van der Waals surface area contributed by atoms with Crippen molar-refractivity contribution in [3.63, 3.8) is 0 Å². The number of hydrogen-bond acceptors (Lipinski definition) is 15. The molecule has 0 fully saturated rings. The summed E-state index contributed by atoms with van der Waals surface area (Å²) in [6, 6.07) is 12.6. The number of carbonyl (C=O) groups is 3. The molecule has 19 nitrogen and oxygen atoms in total. The standard InChI is InChI=1S/C27H22N4O15S4.4Na/c32-25(30-21-9-7-19(47(35,36)37)13-23(21)49(41,42)43)15-3-1-5-17(11-15)28-27(34)29-18-6-2-4-16(12-18)26(33)31-22-10-8-20(48(38,39)40)14-24(22)50(44,45)46;;;;/h1-14H,(H,30,32)(H,31,33)(H2,28,29,34)(H,35,36,37)(H,38,39,40)(H,41,42,43)(H,44,45,46);;;;/q;4*+1/p-4. The number of amides is 4. The van der Waals surface area contributed by atoms with Crippen LogP contribution in [0.2, 0.25) is 0 Å². The smallest absolute Gasteiger partial charge is 0.744 e. The van der Waals surface area contributed by atoms with E-state index in [0.717, 1.165) is 24.3 Å². The van der Waals surface area contributed by atoms with Crippen LogP contribution < -0.4 is 139 Å². The molecular formula is C27H18N4Na4O15S4. The maximum atomic E-state index is 12.8. The largest absolute Gasteiger partial charge is 1.00 e. The van der Waals surface area contributed by atoms with Crippen molar-refractivity contribution in [2.45, 2.75) is 19.6 Å². The predicted octanol–water partition coefficient (Wildman–Crippen LogP) is -10.5. The van der Waals surface area contributed by atoms with Gasteiger partial charge in [-0.3, -0.25) is 9.59 Å². The van der Waals surface area contributed by atoms with E-state index in [1.807, 2.05) is 0 Å². The van der Waals surface area contributed by atoms with Gasteiger partial charge in [0.25, 0.3) is 11.8 Å². The van der Waals surface area contributed by atoms with Crippen LogP contribution in [0.4, 0.5) is 27.5 Å². The van der Waals surface area contributed by atoms with E-state index in [9.17, 15) is 66.3 Å². The van der Waals surface area contributed by atoms with Crippen LogP contribution in [0.25, 0.3) is 0 Å². The molecule has 0 aliphatic carbocycles. The Labute approximate surface area is 397 Å². The molecular weight excluding hydrogens is 841 g/mol. The zero-order valence-electron chi connectivity index (χ0n) is 28.3. The summed E-state index contributed by atoms with van der Waals surface area (Å²) in [7, 11) is -21.0. The number of benzene rings is 4. The normalized spacial score (nSPS) is 11.2. The van der Waals surface area contributed by atoms with Gasteiger partial charge >= 0.3 is 124 Å². The van der Waals surface area contributed by atoms with E-state index in [2.05, 4.69) is 21.3 Å². The molecule has 4 N–H and O–H groups in total. The van der Waals surface area contributed by atoms with Gasteiger partial charge in [0.2, 0.25) is 0 Å². The second kappa shape index (κ2) is 20.9. The van der Waals surface area contributed by atoms with Gasteiger partial charge in [-0.1, -0.05) is 12.1 Å². The molecule has 4 rings (SSSR count). The van der Waals surface area contributed by atoms with Gasteiger partial charge in [0, 0.05) is 22.5 Å². The first-order chi connectivity index (χ1) is 23.0. The van der Waals surface area contributed by atoms with Crippen LogP contribution in [-0.2, 0) is 40.5 Å². The molecule has 0 unspecified atom stereocenters. The Hall–Kier alpha value is -1.27. The predicted molar refractivity (Wildman–Crippen MR) is 166 cm³/mol. The molecule has 0 bridgehead atoms. The topological polar surface area (TPSA) is 328 Å². The van der Waals surface area contributed by atoms with Crippen LogP contribution in [-0.4, -0.2) is 69.7 Å². The number of hydrogen-bond donors (Lipinski definition) is 4. The third-order valence-electron chi connectivity index (χ3n) is 6.28. The van der Waals surface area contributed by atoms with Gasteiger partial charge in [-0.25, -0.2) is 38.5 Å². The van der Waals surface area contributed by atoms with Crippen LogP contribution >= 0.6 is 0 Å². The van der Waals surface area contributed by atoms with Gasteiger partial charge in [-0.05, 0) is 72.8 Å². The summed E-state index contributed by atoms with van der Waals surface area (Å²) in [5.74, 6) is -2.01. The third-order valence-corrected chi connectivity index (χ3v) is 9.70. The number of carbonyl (C=O) groups excluding carboxylic acids is 3. The maximum Gasteiger partial charge on any atom is 1.00 e. The Bertz CT molecular complexity index is 2350. The minimum Gasteiger partial charge on any atom is -0.744 e. The van der Waals surface area contributed by atoms with E-state index in [0.29, 0.717) is 24.3 Å². The zero-order valence-corrected chi connectivity index (χ0v) is 39.6. The van der Waals surface area contributed by atoms with Crippen molar-refractivity contribution in [1.29, 1.82) is 0 Å². The van der Waals surface area contributed by atoms with Crippen LogP contribution in [0.3, 0.4) is 0 Å². The van der Waals surface area contributed by atoms with E-state index in [-0.39, 0.29) is 141 Å². The van der Waals surface area contributed by atoms with E-state index in [1.165, 1.54) is 36.4 Å². The average molecular weight is 859 g/mol. The fourth-order valence-corrected chi connectivity index (χ4v) is 6.56. The summed E-state index contributed by atoms with van der Waals surface area (Å²) in [6.07, 6.45) is 0. The molecule has 264 valence electrons. The first kappa shape index (κ1) is 52.7. The molecule has 4 amide bonds. The minimum absolute atomic E-state index is 0. The summed E-state index contributed by atoms with van der Waals surface area (Å²) >= 11 is 0. The Morgan fingerprint density at radius 3 is 1.06 bits per heavy atom. The first-order valence-corrected chi connectivity index (χ1v) is 18.7.